The Labute approximate surface area is 132 Å². The number of hydrogen-bond acceptors (Lipinski definition) is 4. The highest BCUT2D eigenvalue weighted by Crippen LogP contribution is 2.09. The molecule has 1 amide bonds. The van der Waals surface area contributed by atoms with Crippen molar-refractivity contribution in [3.63, 3.8) is 0 Å². The largest absolute Gasteiger partial charge is 0.352 e. The first kappa shape index (κ1) is 14.8. The number of carbonyl (C=O) groups excluding carboxylic acids is 1. The molecule has 0 aliphatic heterocycles. The molecule has 1 N–H and O–H groups in total. The molecular formula is C16H14FN5O. The van der Waals surface area contributed by atoms with E-state index in [1.165, 1.54) is 29.5 Å². The van der Waals surface area contributed by atoms with Crippen molar-refractivity contribution in [3.8, 4) is 5.82 Å². The Morgan fingerprint density at radius 1 is 1.26 bits per heavy atom. The average molecular weight is 311 g/mol. The summed E-state index contributed by atoms with van der Waals surface area (Å²) in [6, 6.07) is 9.67. The summed E-state index contributed by atoms with van der Waals surface area (Å²) in [4.78, 5) is 20.4. The Balaban J connectivity index is 1.67. The van der Waals surface area contributed by atoms with Crippen LogP contribution in [0.1, 0.15) is 15.9 Å². The van der Waals surface area contributed by atoms with Crippen LogP contribution in [-0.2, 0) is 6.42 Å². The number of hydrogen-bond donors (Lipinski definition) is 1. The number of rotatable bonds is 5. The molecule has 116 valence electrons. The van der Waals surface area contributed by atoms with Crippen LogP contribution in [0.5, 0.6) is 0 Å². The maximum Gasteiger partial charge on any atom is 0.255 e. The molecule has 6 nitrogen and oxygen atoms in total. The van der Waals surface area contributed by atoms with Gasteiger partial charge in [0.15, 0.2) is 5.82 Å². The average Bonchev–Trinajstić information content (AvgIpc) is 3.09. The molecule has 3 rings (SSSR count). The predicted octanol–water partition coefficient (Wildman–Crippen LogP) is 1.77. The van der Waals surface area contributed by atoms with Crippen LogP contribution in [0.2, 0.25) is 0 Å². The molecule has 0 atom stereocenters. The number of nitrogens with one attached hydrogen (secondary N) is 1. The van der Waals surface area contributed by atoms with Gasteiger partial charge < -0.3 is 5.32 Å². The van der Waals surface area contributed by atoms with E-state index in [9.17, 15) is 9.18 Å². The zero-order valence-electron chi connectivity index (χ0n) is 12.2. The number of amides is 1. The van der Waals surface area contributed by atoms with Crippen LogP contribution in [0, 0.1) is 5.82 Å². The number of halogens is 1. The van der Waals surface area contributed by atoms with Crippen LogP contribution in [0.25, 0.3) is 5.82 Å². The van der Waals surface area contributed by atoms with Crippen LogP contribution < -0.4 is 5.32 Å². The first-order chi connectivity index (χ1) is 11.2. The van der Waals surface area contributed by atoms with Crippen molar-refractivity contribution >= 4 is 5.91 Å². The molecule has 0 saturated heterocycles. The van der Waals surface area contributed by atoms with Gasteiger partial charge in [-0.05, 0) is 36.2 Å². The molecule has 0 spiro atoms. The lowest BCUT2D eigenvalue weighted by Crippen LogP contribution is -2.27. The van der Waals surface area contributed by atoms with Crippen molar-refractivity contribution in [3.05, 3.63) is 72.2 Å². The Kier molecular flexibility index (Phi) is 4.37. The van der Waals surface area contributed by atoms with Crippen molar-refractivity contribution in [1.29, 1.82) is 0 Å². The molecule has 0 radical (unpaired) electrons. The second kappa shape index (κ2) is 6.78. The van der Waals surface area contributed by atoms with Gasteiger partial charge >= 0.3 is 0 Å². The summed E-state index contributed by atoms with van der Waals surface area (Å²) in [7, 11) is 0. The molecule has 0 fully saturated rings. The molecule has 0 bridgehead atoms. The van der Waals surface area contributed by atoms with Gasteiger partial charge in [0, 0.05) is 12.7 Å². The Morgan fingerprint density at radius 3 is 2.96 bits per heavy atom. The van der Waals surface area contributed by atoms with Gasteiger partial charge in [-0.25, -0.2) is 19.0 Å². The van der Waals surface area contributed by atoms with Crippen molar-refractivity contribution in [1.82, 2.24) is 25.1 Å². The normalized spacial score (nSPS) is 10.5. The summed E-state index contributed by atoms with van der Waals surface area (Å²) in [6.07, 6.45) is 4.98. The number of aromatic nitrogens is 4. The van der Waals surface area contributed by atoms with Gasteiger partial charge in [0.1, 0.15) is 18.5 Å². The van der Waals surface area contributed by atoms with Gasteiger partial charge in [-0.15, -0.1) is 0 Å². The molecule has 0 aliphatic rings. The lowest BCUT2D eigenvalue weighted by molar-refractivity contribution is 0.0953. The Morgan fingerprint density at radius 2 is 2.17 bits per heavy atom. The highest BCUT2D eigenvalue weighted by Gasteiger charge is 2.13. The SMILES string of the molecule is O=C(NCCc1cccc(F)c1)c1cccnc1-n1cncn1. The predicted molar refractivity (Wildman–Crippen MR) is 81.6 cm³/mol. The van der Waals surface area contributed by atoms with Crippen LogP contribution in [-0.4, -0.2) is 32.2 Å². The fraction of sp³-hybridized carbons (Fsp3) is 0.125. The van der Waals surface area contributed by atoms with Gasteiger partial charge in [0.2, 0.25) is 0 Å². The van der Waals surface area contributed by atoms with Crippen LogP contribution in [0.4, 0.5) is 4.39 Å². The summed E-state index contributed by atoms with van der Waals surface area (Å²) in [5.74, 6) is -0.136. The molecule has 0 aliphatic carbocycles. The van der Waals surface area contributed by atoms with Gasteiger partial charge in [0.25, 0.3) is 5.91 Å². The van der Waals surface area contributed by atoms with E-state index in [1.54, 1.807) is 24.4 Å². The third kappa shape index (κ3) is 3.57. The topological polar surface area (TPSA) is 72.7 Å². The Hall–Kier alpha value is -3.09. The summed E-state index contributed by atoms with van der Waals surface area (Å²) in [5, 5.41) is 6.79. The third-order valence-electron chi connectivity index (χ3n) is 3.26. The van der Waals surface area contributed by atoms with Crippen molar-refractivity contribution in [2.75, 3.05) is 6.54 Å². The van der Waals surface area contributed by atoms with Crippen molar-refractivity contribution < 1.29 is 9.18 Å². The number of pyridine rings is 1. The monoisotopic (exact) mass is 311 g/mol. The second-order valence-corrected chi connectivity index (χ2v) is 4.85. The minimum atomic E-state index is -0.283. The zero-order valence-corrected chi connectivity index (χ0v) is 12.2. The summed E-state index contributed by atoms with van der Waals surface area (Å²) in [6.45, 7) is 0.397. The van der Waals surface area contributed by atoms with Crippen LogP contribution in [0.3, 0.4) is 0 Å². The highest BCUT2D eigenvalue weighted by atomic mass is 19.1. The molecular weight excluding hydrogens is 297 g/mol. The van der Waals surface area contributed by atoms with E-state index in [0.29, 0.717) is 24.3 Å². The fourth-order valence-electron chi connectivity index (χ4n) is 2.18. The maximum absolute atomic E-state index is 13.1. The molecule has 2 heterocycles. The molecule has 3 aromatic rings. The minimum Gasteiger partial charge on any atom is -0.352 e. The molecule has 1 aromatic carbocycles. The zero-order chi connectivity index (χ0) is 16.1. The summed E-state index contributed by atoms with van der Waals surface area (Å²) in [5.41, 5.74) is 1.23. The van der Waals surface area contributed by atoms with E-state index < -0.39 is 0 Å². The summed E-state index contributed by atoms with van der Waals surface area (Å²) >= 11 is 0. The molecule has 0 saturated carbocycles. The highest BCUT2D eigenvalue weighted by molar-refractivity contribution is 5.97. The van der Waals surface area contributed by atoms with E-state index in [1.807, 2.05) is 6.07 Å². The van der Waals surface area contributed by atoms with Gasteiger partial charge in [-0.3, -0.25) is 4.79 Å². The lowest BCUT2D eigenvalue weighted by atomic mass is 10.1. The first-order valence-corrected chi connectivity index (χ1v) is 7.07. The number of benzene rings is 1. The standard InChI is InChI=1S/C16H14FN5O/c17-13-4-1-3-12(9-13)6-8-20-16(23)14-5-2-7-19-15(14)22-11-18-10-21-22/h1-5,7,9-11H,6,8H2,(H,20,23). The molecule has 23 heavy (non-hydrogen) atoms. The van der Waals surface area contributed by atoms with Gasteiger partial charge in [0.05, 0.1) is 5.56 Å². The maximum atomic E-state index is 13.1. The molecule has 0 unspecified atom stereocenters. The number of nitrogens with zero attached hydrogens (tertiary/aromatic N) is 4. The van der Waals surface area contributed by atoms with Crippen LogP contribution >= 0.6 is 0 Å². The lowest BCUT2D eigenvalue weighted by Gasteiger charge is -2.09. The Bertz CT molecular complexity index is 804. The van der Waals surface area contributed by atoms with E-state index in [4.69, 9.17) is 0 Å². The molecule has 2 aromatic heterocycles. The van der Waals surface area contributed by atoms with Gasteiger partial charge in [-0.1, -0.05) is 12.1 Å². The van der Waals surface area contributed by atoms with E-state index >= 15 is 0 Å². The fourth-order valence-corrected chi connectivity index (χ4v) is 2.18. The van der Waals surface area contributed by atoms with E-state index in [-0.39, 0.29) is 11.7 Å². The van der Waals surface area contributed by atoms with E-state index in [0.717, 1.165) is 5.56 Å². The third-order valence-corrected chi connectivity index (χ3v) is 3.26. The number of carbonyl (C=O) groups is 1. The van der Waals surface area contributed by atoms with Crippen LogP contribution in [0.15, 0.2) is 55.2 Å². The smallest absolute Gasteiger partial charge is 0.255 e. The quantitative estimate of drug-likeness (QED) is 0.779. The van der Waals surface area contributed by atoms with Gasteiger partial charge in [-0.2, -0.15) is 5.10 Å². The molecule has 7 heteroatoms. The summed E-state index contributed by atoms with van der Waals surface area (Å²) < 4.78 is 14.5. The minimum absolute atomic E-state index is 0.264. The van der Waals surface area contributed by atoms with Crippen molar-refractivity contribution in [2.24, 2.45) is 0 Å². The van der Waals surface area contributed by atoms with Crippen molar-refractivity contribution in [2.45, 2.75) is 6.42 Å². The second-order valence-electron chi connectivity index (χ2n) is 4.85. The first-order valence-electron chi connectivity index (χ1n) is 7.07. The van der Waals surface area contributed by atoms with E-state index in [2.05, 4.69) is 20.4 Å².